The first-order chi connectivity index (χ1) is 8.36. The first-order valence-corrected chi connectivity index (χ1v) is 6.56. The van der Waals surface area contributed by atoms with Gasteiger partial charge in [0.25, 0.3) is 0 Å². The fourth-order valence-corrected chi connectivity index (χ4v) is 2.58. The van der Waals surface area contributed by atoms with Crippen LogP contribution in [0.1, 0.15) is 11.5 Å². The van der Waals surface area contributed by atoms with Crippen LogP contribution in [0.4, 0.5) is 5.13 Å². The molecule has 0 unspecified atom stereocenters. The summed E-state index contributed by atoms with van der Waals surface area (Å²) < 4.78 is 5.23. The van der Waals surface area contributed by atoms with Crippen LogP contribution in [-0.4, -0.2) is 25.2 Å². The van der Waals surface area contributed by atoms with E-state index in [1.54, 1.807) is 11.3 Å². The van der Waals surface area contributed by atoms with Crippen molar-refractivity contribution in [1.82, 2.24) is 4.98 Å². The molecule has 88 valence electrons. The number of hydrogen-bond donors (Lipinski definition) is 1. The summed E-state index contributed by atoms with van der Waals surface area (Å²) >= 11 is 1.63. The Hall–Kier alpha value is -1.39. The lowest BCUT2D eigenvalue weighted by Crippen LogP contribution is -2.24. The molecule has 1 aliphatic heterocycles. The molecule has 0 atom stereocenters. The van der Waals surface area contributed by atoms with E-state index in [4.69, 9.17) is 4.74 Å². The smallest absolute Gasteiger partial charge is 0.182 e. The monoisotopic (exact) mass is 246 g/mol. The third kappa shape index (κ3) is 2.06. The zero-order valence-corrected chi connectivity index (χ0v) is 10.5. The van der Waals surface area contributed by atoms with Crippen LogP contribution in [0, 0.1) is 0 Å². The van der Waals surface area contributed by atoms with Gasteiger partial charge in [0.15, 0.2) is 5.13 Å². The van der Waals surface area contributed by atoms with E-state index in [9.17, 15) is 0 Å². The van der Waals surface area contributed by atoms with E-state index in [1.165, 1.54) is 11.1 Å². The predicted molar refractivity (Wildman–Crippen MR) is 70.7 cm³/mol. The van der Waals surface area contributed by atoms with Crippen LogP contribution < -0.4 is 5.32 Å². The Balaban J connectivity index is 1.91. The summed E-state index contributed by atoms with van der Waals surface area (Å²) in [6.45, 7) is 1.70. The number of nitrogens with zero attached hydrogens (tertiary/aromatic N) is 1. The Morgan fingerprint density at radius 1 is 1.41 bits per heavy atom. The molecule has 1 aromatic heterocycles. The average molecular weight is 246 g/mol. The van der Waals surface area contributed by atoms with Crippen molar-refractivity contribution in [2.75, 3.05) is 25.6 Å². The van der Waals surface area contributed by atoms with E-state index >= 15 is 0 Å². The summed E-state index contributed by atoms with van der Waals surface area (Å²) in [5.74, 6) is 0.567. The van der Waals surface area contributed by atoms with Crippen molar-refractivity contribution in [1.29, 1.82) is 0 Å². The van der Waals surface area contributed by atoms with Gasteiger partial charge in [0.1, 0.15) is 0 Å². The average Bonchev–Trinajstić information content (AvgIpc) is 2.75. The van der Waals surface area contributed by atoms with Crippen LogP contribution in [0.25, 0.3) is 11.3 Å². The molecule has 1 fully saturated rings. The molecule has 1 N–H and O–H groups in total. The van der Waals surface area contributed by atoms with Gasteiger partial charge in [-0.25, -0.2) is 4.98 Å². The van der Waals surface area contributed by atoms with Crippen LogP contribution in [0.2, 0.25) is 0 Å². The quantitative estimate of drug-likeness (QED) is 0.904. The molecule has 1 saturated heterocycles. The molecule has 2 aromatic rings. The second kappa shape index (κ2) is 4.47. The van der Waals surface area contributed by atoms with Crippen molar-refractivity contribution in [3.63, 3.8) is 0 Å². The number of anilines is 1. The van der Waals surface area contributed by atoms with Crippen LogP contribution >= 0.6 is 11.3 Å². The van der Waals surface area contributed by atoms with Gasteiger partial charge in [-0.15, -0.1) is 11.3 Å². The van der Waals surface area contributed by atoms with Crippen molar-refractivity contribution in [2.24, 2.45) is 0 Å². The highest BCUT2D eigenvalue weighted by molar-refractivity contribution is 7.14. The maximum absolute atomic E-state index is 5.23. The third-order valence-corrected chi connectivity index (χ3v) is 3.87. The standard InChI is InChI=1S/C13H14N2OS/c1-14-13-15-12(8-17-13)10-4-2-3-9(5-10)11-6-16-7-11/h2-5,8,11H,6-7H2,1H3,(H,14,15). The summed E-state index contributed by atoms with van der Waals surface area (Å²) in [4.78, 5) is 4.52. The lowest BCUT2D eigenvalue weighted by atomic mass is 9.95. The van der Waals surface area contributed by atoms with E-state index < -0.39 is 0 Å². The maximum atomic E-state index is 5.23. The summed E-state index contributed by atoms with van der Waals surface area (Å²) in [5, 5.41) is 6.11. The summed E-state index contributed by atoms with van der Waals surface area (Å²) in [6, 6.07) is 8.60. The van der Waals surface area contributed by atoms with Crippen LogP contribution in [-0.2, 0) is 4.74 Å². The number of rotatable bonds is 3. The number of thiazole rings is 1. The zero-order chi connectivity index (χ0) is 11.7. The summed E-state index contributed by atoms with van der Waals surface area (Å²) in [7, 11) is 1.89. The fourth-order valence-electron chi connectivity index (χ4n) is 1.90. The van der Waals surface area contributed by atoms with Gasteiger partial charge in [-0.1, -0.05) is 18.2 Å². The molecule has 4 heteroatoms. The number of hydrogen-bond acceptors (Lipinski definition) is 4. The van der Waals surface area contributed by atoms with E-state index in [2.05, 4.69) is 39.9 Å². The van der Waals surface area contributed by atoms with E-state index in [0.29, 0.717) is 5.92 Å². The second-order valence-electron chi connectivity index (χ2n) is 4.15. The lowest BCUT2D eigenvalue weighted by molar-refractivity contribution is 0.00844. The zero-order valence-electron chi connectivity index (χ0n) is 9.64. The van der Waals surface area contributed by atoms with Gasteiger partial charge in [-0.3, -0.25) is 0 Å². The molecular formula is C13H14N2OS. The van der Waals surface area contributed by atoms with Crippen LogP contribution in [0.15, 0.2) is 29.6 Å². The summed E-state index contributed by atoms with van der Waals surface area (Å²) in [6.07, 6.45) is 0. The van der Waals surface area contributed by atoms with Gasteiger partial charge in [0, 0.05) is 23.9 Å². The van der Waals surface area contributed by atoms with Gasteiger partial charge in [-0.05, 0) is 11.6 Å². The number of benzene rings is 1. The fraction of sp³-hybridized carbons (Fsp3) is 0.308. The molecule has 3 rings (SSSR count). The molecule has 0 radical (unpaired) electrons. The molecule has 1 aromatic carbocycles. The Morgan fingerprint density at radius 3 is 2.94 bits per heavy atom. The molecule has 1 aliphatic rings. The molecule has 2 heterocycles. The Labute approximate surface area is 104 Å². The predicted octanol–water partition coefficient (Wildman–Crippen LogP) is 2.97. The summed E-state index contributed by atoms with van der Waals surface area (Å²) in [5.41, 5.74) is 3.58. The van der Waals surface area contributed by atoms with Crippen molar-refractivity contribution < 1.29 is 4.74 Å². The van der Waals surface area contributed by atoms with Crippen molar-refractivity contribution in [2.45, 2.75) is 5.92 Å². The Morgan fingerprint density at radius 2 is 2.29 bits per heavy atom. The number of aromatic nitrogens is 1. The first-order valence-electron chi connectivity index (χ1n) is 5.68. The highest BCUT2D eigenvalue weighted by atomic mass is 32.1. The lowest BCUT2D eigenvalue weighted by Gasteiger charge is -2.26. The maximum Gasteiger partial charge on any atom is 0.182 e. The molecule has 0 bridgehead atoms. The molecular weight excluding hydrogens is 232 g/mol. The largest absolute Gasteiger partial charge is 0.380 e. The van der Waals surface area contributed by atoms with Crippen LogP contribution in [0.5, 0.6) is 0 Å². The van der Waals surface area contributed by atoms with Crippen LogP contribution in [0.3, 0.4) is 0 Å². The highest BCUT2D eigenvalue weighted by Gasteiger charge is 2.20. The molecule has 3 nitrogen and oxygen atoms in total. The first kappa shape index (κ1) is 10.7. The van der Waals surface area contributed by atoms with Gasteiger partial charge >= 0.3 is 0 Å². The number of ether oxygens (including phenoxy) is 1. The second-order valence-corrected chi connectivity index (χ2v) is 5.01. The van der Waals surface area contributed by atoms with Crippen molar-refractivity contribution >= 4 is 16.5 Å². The Kier molecular flexibility index (Phi) is 2.82. The highest BCUT2D eigenvalue weighted by Crippen LogP contribution is 2.29. The minimum atomic E-state index is 0.567. The van der Waals surface area contributed by atoms with E-state index in [0.717, 1.165) is 24.0 Å². The minimum Gasteiger partial charge on any atom is -0.380 e. The van der Waals surface area contributed by atoms with Gasteiger partial charge in [0.05, 0.1) is 18.9 Å². The minimum absolute atomic E-state index is 0.567. The molecule has 0 spiro atoms. The molecule has 17 heavy (non-hydrogen) atoms. The number of nitrogens with one attached hydrogen (secondary N) is 1. The van der Waals surface area contributed by atoms with Crippen molar-refractivity contribution in [3.8, 4) is 11.3 Å². The van der Waals surface area contributed by atoms with E-state index in [-0.39, 0.29) is 0 Å². The Bertz CT molecular complexity index is 520. The van der Waals surface area contributed by atoms with Crippen molar-refractivity contribution in [3.05, 3.63) is 35.2 Å². The topological polar surface area (TPSA) is 34.2 Å². The third-order valence-electron chi connectivity index (χ3n) is 3.01. The van der Waals surface area contributed by atoms with E-state index in [1.807, 2.05) is 7.05 Å². The SMILES string of the molecule is CNc1nc(-c2cccc(C3COC3)c2)cs1. The normalized spacial score (nSPS) is 15.6. The van der Waals surface area contributed by atoms with Gasteiger partial charge in [0.2, 0.25) is 0 Å². The molecule has 0 aliphatic carbocycles. The molecule has 0 amide bonds. The molecule has 0 saturated carbocycles. The van der Waals surface area contributed by atoms with Gasteiger partial charge < -0.3 is 10.1 Å². The van der Waals surface area contributed by atoms with Gasteiger partial charge in [-0.2, -0.15) is 0 Å².